The topological polar surface area (TPSA) is 93.9 Å². The van der Waals surface area contributed by atoms with E-state index in [0.717, 1.165) is 110 Å². The second-order valence-electron chi connectivity index (χ2n) is 17.2. The first kappa shape index (κ1) is 53.1. The summed E-state index contributed by atoms with van der Waals surface area (Å²) < 4.78 is 13.6. The van der Waals surface area contributed by atoms with E-state index in [0.29, 0.717) is 26.2 Å². The van der Waals surface area contributed by atoms with Crippen LogP contribution in [0.3, 0.4) is 0 Å². The maximum Gasteiger partial charge on any atom is 0.308 e. The van der Waals surface area contributed by atoms with Crippen LogP contribution in [-0.4, -0.2) is 70.7 Å². The van der Waals surface area contributed by atoms with Crippen LogP contribution in [0.4, 0.5) is 0 Å². The minimum absolute atomic E-state index is 0.00550. The number of aliphatic hydroxyl groups is 1. The fourth-order valence-electron chi connectivity index (χ4n) is 7.95. The number of aliphatic hydroxyl groups excluding tert-OH is 1. The number of rotatable bonds is 43. The van der Waals surface area contributed by atoms with Crippen molar-refractivity contribution in [2.75, 3.05) is 32.8 Å². The molecule has 0 spiro atoms. The quantitative estimate of drug-likeness (QED) is 0.0519. The van der Waals surface area contributed by atoms with E-state index in [-0.39, 0.29) is 23.8 Å². The van der Waals surface area contributed by atoms with Gasteiger partial charge in [0.05, 0.1) is 37.7 Å². The number of hydrogen-bond acceptors (Lipinski definition) is 7. The summed E-state index contributed by atoms with van der Waals surface area (Å²) in [5, 5.41) is 15.4. The van der Waals surface area contributed by atoms with Crippen LogP contribution in [0, 0.1) is 11.8 Å². The van der Waals surface area contributed by atoms with E-state index in [1.54, 1.807) is 0 Å². The molecule has 0 radical (unpaired) electrons. The molecule has 8 heteroatoms. The van der Waals surface area contributed by atoms with Gasteiger partial charge >= 0.3 is 11.9 Å². The first-order valence-corrected chi connectivity index (χ1v) is 24.7. The molecule has 1 N–H and O–H groups in total. The summed E-state index contributed by atoms with van der Waals surface area (Å²) >= 11 is 0. The number of carbonyl (C=O) groups excluding carboxylic acids is 2. The second-order valence-corrected chi connectivity index (χ2v) is 17.2. The lowest BCUT2D eigenvalue weighted by atomic mass is 9.94. The standard InChI is InChI=1S/C49H93N3O5/c1-5-9-13-17-19-25-34-45(32-23-15-11-7-3)48(54)56-42-29-22-21-28-38-51(40-41-52-39-31-37-50-52)44-47(53)36-27-30-43-57-49(55)46(33-24-16-12-8-4)35-26-20-18-14-10-6-2/h31,37,39,45-47,53H,5-30,32-36,38,40-44H2,1-4H3. The zero-order chi connectivity index (χ0) is 41.4. The van der Waals surface area contributed by atoms with Gasteiger partial charge in [-0.05, 0) is 70.4 Å². The molecule has 57 heavy (non-hydrogen) atoms. The van der Waals surface area contributed by atoms with Gasteiger partial charge in [-0.15, -0.1) is 0 Å². The molecule has 0 aliphatic rings. The van der Waals surface area contributed by atoms with Crippen molar-refractivity contribution >= 4 is 11.9 Å². The van der Waals surface area contributed by atoms with Gasteiger partial charge in [-0.25, -0.2) is 0 Å². The molecule has 334 valence electrons. The highest BCUT2D eigenvalue weighted by molar-refractivity contribution is 5.72. The van der Waals surface area contributed by atoms with E-state index in [2.05, 4.69) is 37.7 Å². The van der Waals surface area contributed by atoms with Crippen LogP contribution in [-0.2, 0) is 25.6 Å². The van der Waals surface area contributed by atoms with Gasteiger partial charge in [0, 0.05) is 25.5 Å². The van der Waals surface area contributed by atoms with E-state index in [4.69, 9.17) is 9.47 Å². The second kappa shape index (κ2) is 39.5. The van der Waals surface area contributed by atoms with Crippen LogP contribution in [0.15, 0.2) is 18.5 Å². The van der Waals surface area contributed by atoms with Crippen molar-refractivity contribution in [3.63, 3.8) is 0 Å². The molecule has 3 atom stereocenters. The summed E-state index contributed by atoms with van der Waals surface area (Å²) in [5.41, 5.74) is 0. The molecule has 1 aromatic rings. The normalized spacial score (nSPS) is 13.2. The molecular formula is C49H93N3O5. The van der Waals surface area contributed by atoms with E-state index in [9.17, 15) is 14.7 Å². The Kier molecular flexibility index (Phi) is 36.8. The average molecular weight is 804 g/mol. The highest BCUT2D eigenvalue weighted by Crippen LogP contribution is 2.22. The number of nitrogens with zero attached hydrogens (tertiary/aromatic N) is 3. The number of esters is 2. The van der Waals surface area contributed by atoms with Crippen molar-refractivity contribution in [2.24, 2.45) is 11.8 Å². The predicted octanol–water partition coefficient (Wildman–Crippen LogP) is 13.0. The van der Waals surface area contributed by atoms with E-state index in [1.165, 1.54) is 103 Å². The van der Waals surface area contributed by atoms with Gasteiger partial charge in [0.2, 0.25) is 0 Å². The van der Waals surface area contributed by atoms with Crippen LogP contribution in [0.1, 0.15) is 227 Å². The van der Waals surface area contributed by atoms with Crippen LogP contribution in [0.2, 0.25) is 0 Å². The lowest BCUT2D eigenvalue weighted by Gasteiger charge is -2.25. The van der Waals surface area contributed by atoms with Crippen molar-refractivity contribution < 1.29 is 24.2 Å². The highest BCUT2D eigenvalue weighted by Gasteiger charge is 2.21. The summed E-state index contributed by atoms with van der Waals surface area (Å²) in [6, 6.07) is 1.95. The summed E-state index contributed by atoms with van der Waals surface area (Å²) in [5.74, 6) is 0.126. The van der Waals surface area contributed by atoms with Gasteiger partial charge in [-0.1, -0.05) is 169 Å². The van der Waals surface area contributed by atoms with Crippen molar-refractivity contribution in [1.82, 2.24) is 14.7 Å². The molecule has 0 saturated heterocycles. The Labute approximate surface area is 352 Å². The van der Waals surface area contributed by atoms with Crippen LogP contribution in [0.5, 0.6) is 0 Å². The van der Waals surface area contributed by atoms with E-state index < -0.39 is 6.10 Å². The van der Waals surface area contributed by atoms with Crippen molar-refractivity contribution in [1.29, 1.82) is 0 Å². The lowest BCUT2D eigenvalue weighted by Crippen LogP contribution is -2.35. The van der Waals surface area contributed by atoms with Crippen molar-refractivity contribution in [3.8, 4) is 0 Å². The van der Waals surface area contributed by atoms with Gasteiger partial charge in [0.15, 0.2) is 0 Å². The van der Waals surface area contributed by atoms with Crippen molar-refractivity contribution in [3.05, 3.63) is 18.5 Å². The van der Waals surface area contributed by atoms with Gasteiger partial charge < -0.3 is 14.6 Å². The number of aromatic nitrogens is 2. The first-order valence-electron chi connectivity index (χ1n) is 24.7. The molecule has 1 rings (SSSR count). The molecule has 0 fully saturated rings. The Morgan fingerprint density at radius 3 is 1.42 bits per heavy atom. The minimum atomic E-state index is -0.414. The fourth-order valence-corrected chi connectivity index (χ4v) is 7.95. The molecule has 8 nitrogen and oxygen atoms in total. The van der Waals surface area contributed by atoms with Gasteiger partial charge in [-0.2, -0.15) is 5.10 Å². The Morgan fingerprint density at radius 2 is 0.947 bits per heavy atom. The molecular weight excluding hydrogens is 711 g/mol. The average Bonchev–Trinajstić information content (AvgIpc) is 3.74. The number of unbranched alkanes of at least 4 members (excludes halogenated alkanes) is 20. The Morgan fingerprint density at radius 1 is 0.544 bits per heavy atom. The maximum atomic E-state index is 13.0. The molecule has 0 saturated carbocycles. The minimum Gasteiger partial charge on any atom is -0.465 e. The zero-order valence-electron chi connectivity index (χ0n) is 38.0. The van der Waals surface area contributed by atoms with E-state index in [1.807, 2.05) is 23.1 Å². The summed E-state index contributed by atoms with van der Waals surface area (Å²) in [7, 11) is 0. The Bertz CT molecular complexity index is 1010. The molecule has 0 amide bonds. The van der Waals surface area contributed by atoms with Crippen LogP contribution in [0.25, 0.3) is 0 Å². The lowest BCUT2D eigenvalue weighted by molar-refractivity contribution is -0.150. The number of ether oxygens (including phenoxy) is 2. The summed E-state index contributed by atoms with van der Waals surface area (Å²) in [6.45, 7) is 13.1. The first-order chi connectivity index (χ1) is 27.9. The maximum absolute atomic E-state index is 13.0. The number of hydrogen-bond donors (Lipinski definition) is 1. The van der Waals surface area contributed by atoms with Crippen molar-refractivity contribution in [2.45, 2.75) is 239 Å². The zero-order valence-corrected chi connectivity index (χ0v) is 38.0. The molecule has 0 aliphatic heterocycles. The smallest absolute Gasteiger partial charge is 0.308 e. The monoisotopic (exact) mass is 804 g/mol. The molecule has 0 aromatic carbocycles. The van der Waals surface area contributed by atoms with Gasteiger partial charge in [0.25, 0.3) is 0 Å². The predicted molar refractivity (Wildman–Crippen MR) is 239 cm³/mol. The third-order valence-electron chi connectivity index (χ3n) is 11.8. The molecule has 1 aromatic heterocycles. The SMILES string of the molecule is CCCCCCCCC(CCCCCC)C(=O)OCCCCCCN(CCn1cccn1)CC(O)CCCCOC(=O)C(CCCCCC)CCCCCCCC. The Hall–Kier alpha value is -1.93. The highest BCUT2D eigenvalue weighted by atomic mass is 16.5. The third kappa shape index (κ3) is 31.6. The van der Waals surface area contributed by atoms with Gasteiger partial charge in [0.1, 0.15) is 0 Å². The van der Waals surface area contributed by atoms with Crippen LogP contribution >= 0.6 is 0 Å². The van der Waals surface area contributed by atoms with E-state index >= 15 is 0 Å². The largest absolute Gasteiger partial charge is 0.465 e. The molecule has 0 aliphatic carbocycles. The van der Waals surface area contributed by atoms with Crippen LogP contribution < -0.4 is 0 Å². The fraction of sp³-hybridized carbons (Fsp3) is 0.898. The summed E-state index contributed by atoms with van der Waals surface area (Å²) in [6.07, 6.45) is 38.2. The third-order valence-corrected chi connectivity index (χ3v) is 11.8. The van der Waals surface area contributed by atoms with Gasteiger partial charge in [-0.3, -0.25) is 19.2 Å². The number of carbonyl (C=O) groups is 2. The Balaban J connectivity index is 2.42. The molecule has 3 unspecified atom stereocenters. The molecule has 1 heterocycles. The summed E-state index contributed by atoms with van der Waals surface area (Å²) in [4.78, 5) is 28.4. The molecule has 0 bridgehead atoms.